The van der Waals surface area contributed by atoms with Crippen LogP contribution in [0.3, 0.4) is 0 Å². The highest BCUT2D eigenvalue weighted by Crippen LogP contribution is 2.36. The molecule has 1 saturated heterocycles. The molecule has 9 heteroatoms. The molecule has 1 aliphatic rings. The van der Waals surface area contributed by atoms with Crippen molar-refractivity contribution < 1.29 is 13.9 Å². The number of benzene rings is 1. The molecule has 1 aliphatic heterocycles. The van der Waals surface area contributed by atoms with Gasteiger partial charge in [0.2, 0.25) is 0 Å². The monoisotopic (exact) mass is 416 g/mol. The molecule has 0 bridgehead atoms. The molecule has 1 fully saturated rings. The molecule has 4 rings (SSSR count). The van der Waals surface area contributed by atoms with Crippen molar-refractivity contribution in [2.24, 2.45) is 0 Å². The van der Waals surface area contributed by atoms with E-state index in [1.54, 1.807) is 17.0 Å². The second-order valence-electron chi connectivity index (χ2n) is 7.63. The lowest BCUT2D eigenvalue weighted by atomic mass is 10.1. The Kier molecular flexibility index (Phi) is 4.85. The largest absolute Gasteiger partial charge is 0.415 e. The van der Waals surface area contributed by atoms with E-state index in [4.69, 9.17) is 4.74 Å². The van der Waals surface area contributed by atoms with Crippen LogP contribution >= 0.6 is 11.3 Å². The topological polar surface area (TPSA) is 88.2 Å². The van der Waals surface area contributed by atoms with Gasteiger partial charge in [-0.2, -0.15) is 0 Å². The Morgan fingerprint density at radius 1 is 1.38 bits per heavy atom. The molecule has 0 aliphatic carbocycles. The van der Waals surface area contributed by atoms with Gasteiger partial charge in [0.15, 0.2) is 16.0 Å². The molecule has 29 heavy (non-hydrogen) atoms. The summed E-state index contributed by atoms with van der Waals surface area (Å²) in [5.41, 5.74) is -1.09. The van der Waals surface area contributed by atoms with E-state index in [9.17, 15) is 14.0 Å². The van der Waals surface area contributed by atoms with Gasteiger partial charge in [-0.05, 0) is 51.3 Å². The molecule has 3 aromatic rings. The number of hydrogen-bond acceptors (Lipinski definition) is 6. The molecule has 1 unspecified atom stereocenters. The van der Waals surface area contributed by atoms with Gasteiger partial charge in [-0.15, -0.1) is 0 Å². The average Bonchev–Trinajstić information content (AvgIpc) is 3.27. The van der Waals surface area contributed by atoms with Crippen LogP contribution in [-0.2, 0) is 5.67 Å². The maximum atomic E-state index is 14.2. The lowest BCUT2D eigenvalue weighted by molar-refractivity contribution is 0.147. The SMILES string of the molecule is Cc1cccc(OC(=O)N2CCCC2c2nc3c(=O)[nH]c(C(C)(C)F)nc3s2)c1. The lowest BCUT2D eigenvalue weighted by Crippen LogP contribution is -2.33. The van der Waals surface area contributed by atoms with E-state index in [-0.39, 0.29) is 17.4 Å². The zero-order valence-electron chi connectivity index (χ0n) is 16.4. The van der Waals surface area contributed by atoms with Crippen LogP contribution in [0.4, 0.5) is 9.18 Å². The summed E-state index contributed by atoms with van der Waals surface area (Å²) in [6, 6.07) is 6.98. The number of carbonyl (C=O) groups excluding carboxylic acids is 1. The third-order valence-corrected chi connectivity index (χ3v) is 5.87. The van der Waals surface area contributed by atoms with Crippen LogP contribution < -0.4 is 10.3 Å². The van der Waals surface area contributed by atoms with Crippen LogP contribution in [0.15, 0.2) is 29.1 Å². The van der Waals surface area contributed by atoms with Crippen LogP contribution in [0.25, 0.3) is 10.3 Å². The van der Waals surface area contributed by atoms with Gasteiger partial charge < -0.3 is 9.72 Å². The van der Waals surface area contributed by atoms with Crippen LogP contribution in [0, 0.1) is 6.92 Å². The minimum Gasteiger partial charge on any atom is -0.410 e. The number of thiazole rings is 1. The van der Waals surface area contributed by atoms with Crippen molar-refractivity contribution in [3.8, 4) is 5.75 Å². The van der Waals surface area contributed by atoms with Crippen LogP contribution in [0.1, 0.15) is 49.1 Å². The van der Waals surface area contributed by atoms with E-state index in [1.165, 1.54) is 25.2 Å². The first-order valence-corrected chi connectivity index (χ1v) is 10.2. The molecule has 0 spiro atoms. The Balaban J connectivity index is 1.63. The molecule has 1 atom stereocenters. The number of H-pyrrole nitrogens is 1. The van der Waals surface area contributed by atoms with Gasteiger partial charge in [0, 0.05) is 6.54 Å². The minimum atomic E-state index is -1.77. The van der Waals surface area contributed by atoms with Crippen LogP contribution in [-0.4, -0.2) is 32.5 Å². The predicted octanol–water partition coefficient (Wildman–Crippen LogP) is 4.23. The first kappa shape index (κ1) is 19.5. The van der Waals surface area contributed by atoms with Gasteiger partial charge in [-0.3, -0.25) is 9.69 Å². The van der Waals surface area contributed by atoms with E-state index in [0.29, 0.717) is 28.6 Å². The highest BCUT2D eigenvalue weighted by molar-refractivity contribution is 7.18. The number of likely N-dealkylation sites (tertiary alicyclic amines) is 1. The van der Waals surface area contributed by atoms with Crippen LogP contribution in [0.2, 0.25) is 0 Å². The number of ether oxygens (including phenoxy) is 1. The fourth-order valence-electron chi connectivity index (χ4n) is 3.35. The lowest BCUT2D eigenvalue weighted by Gasteiger charge is -2.22. The Morgan fingerprint density at radius 3 is 2.90 bits per heavy atom. The summed E-state index contributed by atoms with van der Waals surface area (Å²) in [6.45, 7) is 5.13. The summed E-state index contributed by atoms with van der Waals surface area (Å²) < 4.78 is 19.7. The van der Waals surface area contributed by atoms with E-state index in [2.05, 4.69) is 15.0 Å². The van der Waals surface area contributed by atoms with Gasteiger partial charge in [-0.25, -0.2) is 19.2 Å². The molecule has 2 aromatic heterocycles. The maximum Gasteiger partial charge on any atom is 0.415 e. The first-order valence-electron chi connectivity index (χ1n) is 9.37. The number of alkyl halides is 1. The minimum absolute atomic E-state index is 0.0349. The number of aryl methyl sites for hydroxylation is 1. The smallest absolute Gasteiger partial charge is 0.410 e. The highest BCUT2D eigenvalue weighted by Gasteiger charge is 2.34. The van der Waals surface area contributed by atoms with E-state index in [0.717, 1.165) is 12.0 Å². The number of aromatic amines is 1. The molecule has 1 amide bonds. The number of aromatic nitrogens is 3. The maximum absolute atomic E-state index is 14.2. The number of rotatable bonds is 3. The van der Waals surface area contributed by atoms with Gasteiger partial charge in [0.25, 0.3) is 5.56 Å². The van der Waals surface area contributed by atoms with Crippen molar-refractivity contribution >= 4 is 27.8 Å². The summed E-state index contributed by atoms with van der Waals surface area (Å²) in [5.74, 6) is 0.449. The van der Waals surface area contributed by atoms with Crippen molar-refractivity contribution in [1.82, 2.24) is 19.9 Å². The standard InChI is InChI=1S/C20H21FN4O3S/c1-11-6-4-7-12(10-11)28-19(27)25-9-5-8-13(25)16-22-14-15(26)23-18(20(2,3)21)24-17(14)29-16/h4,6-7,10,13H,5,8-9H2,1-3H3,(H,23,24,26). The molecule has 1 N–H and O–H groups in total. The van der Waals surface area contributed by atoms with Gasteiger partial charge in [-0.1, -0.05) is 23.5 Å². The van der Waals surface area contributed by atoms with Crippen molar-refractivity contribution in [3.05, 3.63) is 51.0 Å². The van der Waals surface area contributed by atoms with Crippen molar-refractivity contribution in [2.45, 2.75) is 45.3 Å². The Hall–Kier alpha value is -2.81. The van der Waals surface area contributed by atoms with Gasteiger partial charge in [0.1, 0.15) is 16.6 Å². The van der Waals surface area contributed by atoms with Crippen molar-refractivity contribution in [3.63, 3.8) is 0 Å². The fourth-order valence-corrected chi connectivity index (χ4v) is 4.44. The molecule has 0 radical (unpaired) electrons. The number of nitrogens with zero attached hydrogens (tertiary/aromatic N) is 3. The molecule has 3 heterocycles. The highest BCUT2D eigenvalue weighted by atomic mass is 32.1. The number of halogens is 1. The summed E-state index contributed by atoms with van der Waals surface area (Å²) in [5, 5.41) is 0.602. The van der Waals surface area contributed by atoms with E-state index >= 15 is 0 Å². The van der Waals surface area contributed by atoms with Gasteiger partial charge >= 0.3 is 6.09 Å². The quantitative estimate of drug-likeness (QED) is 0.690. The molecular weight excluding hydrogens is 395 g/mol. The summed E-state index contributed by atoms with van der Waals surface area (Å²) >= 11 is 1.21. The second kappa shape index (κ2) is 7.22. The summed E-state index contributed by atoms with van der Waals surface area (Å²) in [7, 11) is 0. The van der Waals surface area contributed by atoms with E-state index < -0.39 is 17.3 Å². The number of carbonyl (C=O) groups is 1. The number of amides is 1. The Morgan fingerprint density at radius 2 is 2.17 bits per heavy atom. The van der Waals surface area contributed by atoms with Crippen molar-refractivity contribution in [1.29, 1.82) is 0 Å². The molecule has 1 aromatic carbocycles. The summed E-state index contributed by atoms with van der Waals surface area (Å²) in [6.07, 6.45) is 1.06. The number of hydrogen-bond donors (Lipinski definition) is 1. The Labute approximate surface area is 170 Å². The predicted molar refractivity (Wildman–Crippen MR) is 108 cm³/mol. The molecular formula is C20H21FN4O3S. The molecule has 0 saturated carbocycles. The number of nitrogens with one attached hydrogen (secondary N) is 1. The average molecular weight is 416 g/mol. The third kappa shape index (κ3) is 3.87. The normalized spacial score (nSPS) is 17.1. The fraction of sp³-hybridized carbons (Fsp3) is 0.400. The zero-order chi connectivity index (χ0) is 20.8. The third-order valence-electron chi connectivity index (χ3n) is 4.82. The molecule has 152 valence electrons. The van der Waals surface area contributed by atoms with Crippen molar-refractivity contribution in [2.75, 3.05) is 6.54 Å². The zero-order valence-corrected chi connectivity index (χ0v) is 17.2. The van der Waals surface area contributed by atoms with E-state index in [1.807, 2.05) is 19.1 Å². The number of fused-ring (bicyclic) bond motifs is 1. The summed E-state index contributed by atoms with van der Waals surface area (Å²) in [4.78, 5) is 38.2. The second-order valence-corrected chi connectivity index (χ2v) is 8.64. The van der Waals surface area contributed by atoms with Gasteiger partial charge in [0.05, 0.1) is 6.04 Å². The van der Waals surface area contributed by atoms with Crippen LogP contribution in [0.5, 0.6) is 5.75 Å². The Bertz CT molecular complexity index is 1130. The first-order chi connectivity index (χ1) is 13.7. The molecule has 7 nitrogen and oxygen atoms in total.